The molecule has 1 aliphatic rings. The van der Waals surface area contributed by atoms with Crippen LogP contribution in [0.1, 0.15) is 37.3 Å². The van der Waals surface area contributed by atoms with Crippen molar-refractivity contribution < 1.29 is 33.0 Å². The summed E-state index contributed by atoms with van der Waals surface area (Å²) in [5.74, 6) is -3.05. The predicted octanol–water partition coefficient (Wildman–Crippen LogP) is 3.77. The molecule has 0 saturated carbocycles. The van der Waals surface area contributed by atoms with Gasteiger partial charge in [0.1, 0.15) is 18.7 Å². The monoisotopic (exact) mass is 460 g/mol. The Morgan fingerprint density at radius 3 is 2.00 bits per heavy atom. The number of carbonyl (C=O) groups excluding carboxylic acids is 2. The SMILES string of the molecule is CC(C)[C@H](NC(=O)OCC1c2ccccc2-c2ccccc21)C(=O)NC(CC(F)F)C(=O)O. The molecule has 1 unspecified atom stereocenters. The summed E-state index contributed by atoms with van der Waals surface area (Å²) in [5, 5.41) is 13.6. The summed E-state index contributed by atoms with van der Waals surface area (Å²) in [4.78, 5) is 36.2. The van der Waals surface area contributed by atoms with Gasteiger partial charge in [-0.3, -0.25) is 4.79 Å². The molecule has 3 rings (SSSR count). The molecule has 0 radical (unpaired) electrons. The molecule has 9 heteroatoms. The molecule has 0 heterocycles. The van der Waals surface area contributed by atoms with Crippen molar-refractivity contribution in [2.24, 2.45) is 5.92 Å². The van der Waals surface area contributed by atoms with E-state index in [0.29, 0.717) is 0 Å². The summed E-state index contributed by atoms with van der Waals surface area (Å²) in [6, 6.07) is 12.7. The van der Waals surface area contributed by atoms with Gasteiger partial charge < -0.3 is 20.5 Å². The maximum Gasteiger partial charge on any atom is 0.407 e. The van der Waals surface area contributed by atoms with E-state index in [-0.39, 0.29) is 12.5 Å². The van der Waals surface area contributed by atoms with Gasteiger partial charge in [-0.25, -0.2) is 18.4 Å². The summed E-state index contributed by atoms with van der Waals surface area (Å²) >= 11 is 0. The number of hydrogen-bond donors (Lipinski definition) is 3. The first-order valence-corrected chi connectivity index (χ1v) is 10.6. The van der Waals surface area contributed by atoms with Crippen LogP contribution in [-0.2, 0) is 14.3 Å². The second kappa shape index (κ2) is 10.4. The number of carbonyl (C=O) groups is 3. The van der Waals surface area contributed by atoms with Crippen LogP contribution in [0.2, 0.25) is 0 Å². The smallest absolute Gasteiger partial charge is 0.407 e. The fourth-order valence-electron chi connectivity index (χ4n) is 3.96. The standard InChI is InChI=1S/C24H26F2N2O5/c1-13(2)21(22(29)27-19(23(30)31)11-20(25)26)28-24(32)33-12-18-16-9-5-3-7-14(16)15-8-4-6-10-17(15)18/h3-10,13,18-21H,11-12H2,1-2H3,(H,27,29)(H,28,32)(H,30,31)/t19?,21-/m0/s1. The van der Waals surface area contributed by atoms with E-state index in [2.05, 4.69) is 10.6 Å². The zero-order valence-electron chi connectivity index (χ0n) is 18.3. The van der Waals surface area contributed by atoms with E-state index in [1.807, 2.05) is 48.5 Å². The molecule has 3 N–H and O–H groups in total. The fraction of sp³-hybridized carbons (Fsp3) is 0.375. The molecule has 176 valence electrons. The molecule has 0 aliphatic heterocycles. The van der Waals surface area contributed by atoms with Gasteiger partial charge in [0.2, 0.25) is 12.3 Å². The van der Waals surface area contributed by atoms with Gasteiger partial charge in [-0.15, -0.1) is 0 Å². The molecule has 0 aromatic heterocycles. The molecule has 7 nitrogen and oxygen atoms in total. The third-order valence-corrected chi connectivity index (χ3v) is 5.59. The summed E-state index contributed by atoms with van der Waals surface area (Å²) in [7, 11) is 0. The lowest BCUT2D eigenvalue weighted by atomic mass is 9.98. The number of amides is 2. The Morgan fingerprint density at radius 2 is 1.52 bits per heavy atom. The number of rotatable bonds is 9. The average molecular weight is 460 g/mol. The van der Waals surface area contributed by atoms with E-state index >= 15 is 0 Å². The van der Waals surface area contributed by atoms with Crippen molar-refractivity contribution in [3.63, 3.8) is 0 Å². The van der Waals surface area contributed by atoms with Crippen LogP contribution in [0.15, 0.2) is 48.5 Å². The molecule has 0 spiro atoms. The molecular weight excluding hydrogens is 434 g/mol. The lowest BCUT2D eigenvalue weighted by Gasteiger charge is -2.24. The molecule has 0 fully saturated rings. The van der Waals surface area contributed by atoms with Crippen molar-refractivity contribution in [1.82, 2.24) is 10.6 Å². The van der Waals surface area contributed by atoms with Crippen LogP contribution in [-0.4, -0.2) is 48.2 Å². The number of carboxylic acids is 1. The molecule has 0 bridgehead atoms. The van der Waals surface area contributed by atoms with Gasteiger partial charge in [0.15, 0.2) is 0 Å². The minimum atomic E-state index is -2.90. The second-order valence-electron chi connectivity index (χ2n) is 8.22. The first kappa shape index (κ1) is 24.2. The number of aliphatic carboxylic acids is 1. The largest absolute Gasteiger partial charge is 0.480 e. The van der Waals surface area contributed by atoms with Crippen molar-refractivity contribution in [1.29, 1.82) is 0 Å². The minimum Gasteiger partial charge on any atom is -0.480 e. The Morgan fingerprint density at radius 1 is 0.970 bits per heavy atom. The first-order valence-electron chi connectivity index (χ1n) is 10.6. The van der Waals surface area contributed by atoms with E-state index in [4.69, 9.17) is 9.84 Å². The van der Waals surface area contributed by atoms with Crippen LogP contribution >= 0.6 is 0 Å². The molecule has 2 aromatic carbocycles. The van der Waals surface area contributed by atoms with Crippen LogP contribution in [0, 0.1) is 5.92 Å². The van der Waals surface area contributed by atoms with Gasteiger partial charge in [-0.05, 0) is 28.2 Å². The van der Waals surface area contributed by atoms with Crippen molar-refractivity contribution in [2.75, 3.05) is 6.61 Å². The van der Waals surface area contributed by atoms with Crippen LogP contribution in [0.3, 0.4) is 0 Å². The molecule has 2 aromatic rings. The molecule has 0 saturated heterocycles. The van der Waals surface area contributed by atoms with E-state index in [9.17, 15) is 23.2 Å². The van der Waals surface area contributed by atoms with Crippen molar-refractivity contribution in [3.8, 4) is 11.1 Å². The van der Waals surface area contributed by atoms with Crippen molar-refractivity contribution in [2.45, 2.75) is 44.7 Å². The van der Waals surface area contributed by atoms with Gasteiger partial charge in [0, 0.05) is 12.3 Å². The summed E-state index contributed by atoms with van der Waals surface area (Å²) in [5.41, 5.74) is 4.20. The number of carboxylic acid groups (broad SMARTS) is 1. The topological polar surface area (TPSA) is 105 Å². The lowest BCUT2D eigenvalue weighted by molar-refractivity contribution is -0.143. The highest BCUT2D eigenvalue weighted by atomic mass is 19.3. The molecule has 1 aliphatic carbocycles. The van der Waals surface area contributed by atoms with E-state index in [1.165, 1.54) is 0 Å². The predicted molar refractivity (Wildman–Crippen MR) is 117 cm³/mol. The first-order chi connectivity index (χ1) is 15.7. The highest BCUT2D eigenvalue weighted by Crippen LogP contribution is 2.44. The third-order valence-electron chi connectivity index (χ3n) is 5.59. The number of nitrogens with one attached hydrogen (secondary N) is 2. The van der Waals surface area contributed by atoms with E-state index < -0.39 is 48.8 Å². The maximum absolute atomic E-state index is 12.6. The number of halogens is 2. The zero-order chi connectivity index (χ0) is 24.1. The Labute approximate surface area is 190 Å². The van der Waals surface area contributed by atoms with Crippen LogP contribution in [0.4, 0.5) is 13.6 Å². The second-order valence-corrected chi connectivity index (χ2v) is 8.22. The Hall–Kier alpha value is -3.49. The van der Waals surface area contributed by atoms with E-state index in [0.717, 1.165) is 22.3 Å². The lowest BCUT2D eigenvalue weighted by Crippen LogP contribution is -2.54. The number of ether oxygens (including phenoxy) is 1. The van der Waals surface area contributed by atoms with Crippen LogP contribution in [0.5, 0.6) is 0 Å². The number of hydrogen-bond acceptors (Lipinski definition) is 4. The summed E-state index contributed by atoms with van der Waals surface area (Å²) in [6.07, 6.45) is -4.79. The Kier molecular flexibility index (Phi) is 7.63. The normalized spacial score (nSPS) is 14.4. The minimum absolute atomic E-state index is 0.0371. The Bertz CT molecular complexity index is 982. The quantitative estimate of drug-likeness (QED) is 0.528. The van der Waals surface area contributed by atoms with E-state index in [1.54, 1.807) is 13.8 Å². The highest BCUT2D eigenvalue weighted by Gasteiger charge is 2.32. The van der Waals surface area contributed by atoms with Gasteiger partial charge >= 0.3 is 12.1 Å². The number of benzene rings is 2. The third kappa shape index (κ3) is 5.66. The van der Waals surface area contributed by atoms with Gasteiger partial charge in [-0.1, -0.05) is 62.4 Å². The van der Waals surface area contributed by atoms with Gasteiger partial charge in [-0.2, -0.15) is 0 Å². The highest BCUT2D eigenvalue weighted by molar-refractivity contribution is 5.89. The molecule has 2 amide bonds. The number of fused-ring (bicyclic) bond motifs is 3. The summed E-state index contributed by atoms with van der Waals surface area (Å²) in [6.45, 7) is 3.31. The van der Waals surface area contributed by atoms with Crippen molar-refractivity contribution >= 4 is 18.0 Å². The Balaban J connectivity index is 1.65. The molecule has 2 atom stereocenters. The van der Waals surface area contributed by atoms with Gasteiger partial charge in [0.25, 0.3) is 0 Å². The number of alkyl carbamates (subject to hydrolysis) is 1. The fourth-order valence-corrected chi connectivity index (χ4v) is 3.96. The van der Waals surface area contributed by atoms with Crippen LogP contribution < -0.4 is 10.6 Å². The summed E-state index contributed by atoms with van der Waals surface area (Å²) < 4.78 is 30.7. The average Bonchev–Trinajstić information content (AvgIpc) is 3.08. The van der Waals surface area contributed by atoms with Crippen molar-refractivity contribution in [3.05, 3.63) is 59.7 Å². The zero-order valence-corrected chi connectivity index (χ0v) is 18.3. The molecular formula is C24H26F2N2O5. The van der Waals surface area contributed by atoms with Crippen LogP contribution in [0.25, 0.3) is 11.1 Å². The van der Waals surface area contributed by atoms with Gasteiger partial charge in [0.05, 0.1) is 0 Å². The number of alkyl halides is 2. The maximum atomic E-state index is 12.6. The molecule has 33 heavy (non-hydrogen) atoms.